The van der Waals surface area contributed by atoms with E-state index in [-0.39, 0.29) is 6.61 Å². The maximum atomic E-state index is 11.0. The Morgan fingerprint density at radius 1 is 1.33 bits per heavy atom. The number of hydrogen-bond donors (Lipinski definition) is 0. The summed E-state index contributed by atoms with van der Waals surface area (Å²) < 4.78 is 10.8. The number of carbonyl (C=O) groups is 1. The molecule has 2 aromatic carbocycles. The number of hydrogen-bond acceptors (Lipinski definition) is 4. The van der Waals surface area contributed by atoms with Crippen LogP contribution in [-0.2, 0) is 6.61 Å². The maximum absolute atomic E-state index is 11.0. The van der Waals surface area contributed by atoms with E-state index >= 15 is 0 Å². The number of rotatable bonds is 5. The van der Waals surface area contributed by atoms with E-state index in [0.29, 0.717) is 33.9 Å². The number of methoxy groups -OCH3 is 1. The van der Waals surface area contributed by atoms with Gasteiger partial charge >= 0.3 is 0 Å². The highest BCUT2D eigenvalue weighted by Gasteiger charge is 2.09. The molecule has 0 saturated carbocycles. The van der Waals surface area contributed by atoms with Crippen LogP contribution >= 0.6 is 11.6 Å². The van der Waals surface area contributed by atoms with E-state index in [9.17, 15) is 4.79 Å². The van der Waals surface area contributed by atoms with Gasteiger partial charge in [-0.3, -0.25) is 4.79 Å². The maximum Gasteiger partial charge on any atom is 0.153 e. The molecule has 0 aromatic heterocycles. The third-order valence-corrected chi connectivity index (χ3v) is 3.19. The standard InChI is InChI=1S/C16H12ClNO3/c1-20-15-7-11(5-6-12(15)8-18)10-21-16-13(9-19)3-2-4-14(16)17/h2-7,9H,10H2,1H3. The number of nitrogens with zero attached hydrogens (tertiary/aromatic N) is 1. The number of para-hydroxylation sites is 1. The smallest absolute Gasteiger partial charge is 0.153 e. The van der Waals surface area contributed by atoms with Crippen LogP contribution in [0, 0.1) is 11.3 Å². The van der Waals surface area contributed by atoms with Gasteiger partial charge in [-0.1, -0.05) is 23.7 Å². The van der Waals surface area contributed by atoms with Gasteiger partial charge in [-0.2, -0.15) is 5.26 Å². The first kappa shape index (κ1) is 14.9. The third-order valence-electron chi connectivity index (χ3n) is 2.89. The summed E-state index contributed by atoms with van der Waals surface area (Å²) in [7, 11) is 1.50. The topological polar surface area (TPSA) is 59.3 Å². The van der Waals surface area contributed by atoms with Crippen LogP contribution in [0.3, 0.4) is 0 Å². The van der Waals surface area contributed by atoms with Gasteiger partial charge in [-0.25, -0.2) is 0 Å². The molecule has 2 aromatic rings. The fourth-order valence-corrected chi connectivity index (χ4v) is 2.08. The van der Waals surface area contributed by atoms with Gasteiger partial charge in [0.1, 0.15) is 24.2 Å². The number of halogens is 1. The monoisotopic (exact) mass is 301 g/mol. The average Bonchev–Trinajstić information content (AvgIpc) is 2.53. The van der Waals surface area contributed by atoms with Gasteiger partial charge in [0, 0.05) is 0 Å². The summed E-state index contributed by atoms with van der Waals surface area (Å²) in [6.45, 7) is 0.215. The van der Waals surface area contributed by atoms with Crippen LogP contribution in [0.15, 0.2) is 36.4 Å². The van der Waals surface area contributed by atoms with Gasteiger partial charge in [-0.05, 0) is 29.8 Å². The first-order chi connectivity index (χ1) is 10.2. The van der Waals surface area contributed by atoms with Gasteiger partial charge < -0.3 is 9.47 Å². The van der Waals surface area contributed by atoms with Crippen molar-refractivity contribution in [1.29, 1.82) is 5.26 Å². The molecule has 0 unspecified atom stereocenters. The molecule has 0 N–H and O–H groups in total. The summed E-state index contributed by atoms with van der Waals surface area (Å²) >= 11 is 6.03. The third kappa shape index (κ3) is 3.33. The van der Waals surface area contributed by atoms with Crippen LogP contribution < -0.4 is 9.47 Å². The quantitative estimate of drug-likeness (QED) is 0.792. The molecular formula is C16H12ClNO3. The second-order valence-electron chi connectivity index (χ2n) is 4.21. The van der Waals surface area contributed by atoms with Crippen molar-refractivity contribution in [2.75, 3.05) is 7.11 Å². The van der Waals surface area contributed by atoms with Gasteiger partial charge in [0.2, 0.25) is 0 Å². The van der Waals surface area contributed by atoms with Crippen molar-refractivity contribution in [3.05, 3.63) is 58.1 Å². The number of carbonyl (C=O) groups excluding carboxylic acids is 1. The lowest BCUT2D eigenvalue weighted by molar-refractivity contribution is 0.111. The van der Waals surface area contributed by atoms with Crippen molar-refractivity contribution in [3.63, 3.8) is 0 Å². The van der Waals surface area contributed by atoms with Crippen molar-refractivity contribution in [3.8, 4) is 17.6 Å². The molecule has 106 valence electrons. The summed E-state index contributed by atoms with van der Waals surface area (Å²) in [5, 5.41) is 9.31. The zero-order valence-electron chi connectivity index (χ0n) is 11.3. The second kappa shape index (κ2) is 6.78. The average molecular weight is 302 g/mol. The van der Waals surface area contributed by atoms with Crippen LogP contribution in [0.1, 0.15) is 21.5 Å². The van der Waals surface area contributed by atoms with E-state index in [2.05, 4.69) is 0 Å². The van der Waals surface area contributed by atoms with E-state index in [1.165, 1.54) is 7.11 Å². The minimum absolute atomic E-state index is 0.215. The molecule has 0 fully saturated rings. The second-order valence-corrected chi connectivity index (χ2v) is 4.62. The van der Waals surface area contributed by atoms with Gasteiger partial charge in [0.05, 0.1) is 23.3 Å². The first-order valence-electron chi connectivity index (χ1n) is 6.13. The molecule has 0 saturated heterocycles. The summed E-state index contributed by atoms with van der Waals surface area (Å²) in [6, 6.07) is 12.2. The molecule has 2 rings (SSSR count). The Hall–Kier alpha value is -2.51. The molecule has 0 spiro atoms. The fraction of sp³-hybridized carbons (Fsp3) is 0.125. The van der Waals surface area contributed by atoms with Crippen LogP contribution in [-0.4, -0.2) is 13.4 Å². The highest BCUT2D eigenvalue weighted by atomic mass is 35.5. The minimum atomic E-state index is 0.215. The Labute approximate surface area is 127 Å². The Morgan fingerprint density at radius 2 is 2.14 bits per heavy atom. The van der Waals surface area contributed by atoms with Crippen LogP contribution in [0.5, 0.6) is 11.5 Å². The molecule has 0 amide bonds. The number of ether oxygens (including phenoxy) is 2. The summed E-state index contributed by atoms with van der Waals surface area (Å²) in [5.74, 6) is 0.825. The van der Waals surface area contributed by atoms with Crippen LogP contribution in [0.25, 0.3) is 0 Å². The Balaban J connectivity index is 2.21. The number of nitriles is 1. The summed E-state index contributed by atoms with van der Waals surface area (Å²) in [6.07, 6.45) is 0.695. The zero-order valence-corrected chi connectivity index (χ0v) is 12.1. The predicted molar refractivity (Wildman–Crippen MR) is 78.9 cm³/mol. The molecule has 0 aliphatic rings. The lowest BCUT2D eigenvalue weighted by atomic mass is 10.1. The Kier molecular flexibility index (Phi) is 4.81. The molecule has 0 aliphatic heterocycles. The number of benzene rings is 2. The molecular weight excluding hydrogens is 290 g/mol. The first-order valence-corrected chi connectivity index (χ1v) is 6.51. The summed E-state index contributed by atoms with van der Waals surface area (Å²) in [5.41, 5.74) is 1.65. The van der Waals surface area contributed by atoms with Gasteiger partial charge in [0.25, 0.3) is 0 Å². The van der Waals surface area contributed by atoms with Crippen molar-refractivity contribution in [1.82, 2.24) is 0 Å². The largest absolute Gasteiger partial charge is 0.495 e. The normalized spacial score (nSPS) is 9.76. The van der Waals surface area contributed by atoms with Crippen molar-refractivity contribution < 1.29 is 14.3 Å². The minimum Gasteiger partial charge on any atom is -0.495 e. The molecule has 0 bridgehead atoms. The van der Waals surface area contributed by atoms with E-state index in [1.54, 1.807) is 36.4 Å². The van der Waals surface area contributed by atoms with E-state index < -0.39 is 0 Å². The molecule has 0 radical (unpaired) electrons. The predicted octanol–water partition coefficient (Wildman–Crippen LogP) is 3.61. The molecule has 4 nitrogen and oxygen atoms in total. The lowest BCUT2D eigenvalue weighted by Crippen LogP contribution is -2.00. The summed E-state index contributed by atoms with van der Waals surface area (Å²) in [4.78, 5) is 11.0. The lowest BCUT2D eigenvalue weighted by Gasteiger charge is -2.11. The number of aldehydes is 1. The molecule has 0 aliphatic carbocycles. The van der Waals surface area contributed by atoms with Gasteiger partial charge in [0.15, 0.2) is 6.29 Å². The molecule has 21 heavy (non-hydrogen) atoms. The molecule has 0 heterocycles. The SMILES string of the molecule is COc1cc(COc2c(Cl)cccc2C=O)ccc1C#N. The van der Waals surface area contributed by atoms with Crippen molar-refractivity contribution in [2.24, 2.45) is 0 Å². The van der Waals surface area contributed by atoms with Gasteiger partial charge in [-0.15, -0.1) is 0 Å². The molecule has 5 heteroatoms. The highest BCUT2D eigenvalue weighted by molar-refractivity contribution is 6.32. The highest BCUT2D eigenvalue weighted by Crippen LogP contribution is 2.29. The van der Waals surface area contributed by atoms with Crippen LogP contribution in [0.4, 0.5) is 0 Å². The van der Waals surface area contributed by atoms with E-state index in [0.717, 1.165) is 5.56 Å². The van der Waals surface area contributed by atoms with Crippen molar-refractivity contribution in [2.45, 2.75) is 6.61 Å². The van der Waals surface area contributed by atoms with Crippen LogP contribution in [0.2, 0.25) is 5.02 Å². The Morgan fingerprint density at radius 3 is 2.81 bits per heavy atom. The fourth-order valence-electron chi connectivity index (χ4n) is 1.84. The zero-order chi connectivity index (χ0) is 15.2. The van der Waals surface area contributed by atoms with E-state index in [4.69, 9.17) is 26.3 Å². The van der Waals surface area contributed by atoms with Crippen molar-refractivity contribution >= 4 is 17.9 Å². The molecule has 0 atom stereocenters. The van der Waals surface area contributed by atoms with E-state index in [1.807, 2.05) is 6.07 Å². The Bertz CT molecular complexity index is 707.